The van der Waals surface area contributed by atoms with Crippen LogP contribution in [0.5, 0.6) is 5.75 Å². The highest BCUT2D eigenvalue weighted by atomic mass is 32.2. The van der Waals surface area contributed by atoms with E-state index in [0.717, 1.165) is 5.56 Å². The molecule has 7 N–H and O–H groups in total. The van der Waals surface area contributed by atoms with Crippen LogP contribution in [0.2, 0.25) is 0 Å². The van der Waals surface area contributed by atoms with Crippen molar-refractivity contribution >= 4 is 48.1 Å². The van der Waals surface area contributed by atoms with E-state index in [4.69, 9.17) is 5.73 Å². The van der Waals surface area contributed by atoms with Crippen LogP contribution in [0.1, 0.15) is 17.5 Å². The zero-order valence-corrected chi connectivity index (χ0v) is 22.7. The van der Waals surface area contributed by atoms with Gasteiger partial charge in [-0.05, 0) is 48.1 Å². The number of carboxylic acid groups (broad SMARTS) is 1. The highest BCUT2D eigenvalue weighted by Crippen LogP contribution is 2.12. The summed E-state index contributed by atoms with van der Waals surface area (Å²) in [5, 5.41) is 26.7. The Hall–Kier alpha value is -3.22. The number of phenols is 1. The molecule has 0 spiro atoms. The van der Waals surface area contributed by atoms with Crippen molar-refractivity contribution in [3.05, 3.63) is 65.7 Å². The van der Waals surface area contributed by atoms with E-state index in [1.165, 1.54) is 23.9 Å². The van der Waals surface area contributed by atoms with Crippen LogP contribution >= 0.6 is 24.4 Å². The summed E-state index contributed by atoms with van der Waals surface area (Å²) in [6.45, 7) is 0. The fraction of sp³-hybridized carbons (Fsp3) is 0.385. The average molecular weight is 563 g/mol. The molecule has 3 amide bonds. The summed E-state index contributed by atoms with van der Waals surface area (Å²) in [7, 11) is 0. The third-order valence-electron chi connectivity index (χ3n) is 5.69. The number of aliphatic carboxylic acids is 1. The van der Waals surface area contributed by atoms with Crippen molar-refractivity contribution in [2.75, 3.05) is 17.8 Å². The predicted molar refractivity (Wildman–Crippen MR) is 150 cm³/mol. The molecule has 38 heavy (non-hydrogen) atoms. The normalized spacial score (nSPS) is 14.0. The van der Waals surface area contributed by atoms with Gasteiger partial charge in [0.25, 0.3) is 0 Å². The van der Waals surface area contributed by atoms with Crippen molar-refractivity contribution in [2.24, 2.45) is 5.73 Å². The number of rotatable bonds is 15. The van der Waals surface area contributed by atoms with Crippen LogP contribution in [0.25, 0.3) is 0 Å². The first-order chi connectivity index (χ1) is 18.1. The molecule has 2 rings (SSSR count). The van der Waals surface area contributed by atoms with E-state index in [1.54, 1.807) is 12.1 Å². The Kier molecular flexibility index (Phi) is 13.0. The van der Waals surface area contributed by atoms with Gasteiger partial charge in [0.05, 0.1) is 6.04 Å². The first-order valence-electron chi connectivity index (χ1n) is 12.0. The number of hydrogen-bond acceptors (Lipinski definition) is 8. The van der Waals surface area contributed by atoms with Gasteiger partial charge in [-0.25, -0.2) is 4.79 Å². The molecule has 0 aliphatic rings. The first-order valence-corrected chi connectivity index (χ1v) is 14.0. The monoisotopic (exact) mass is 562 g/mol. The van der Waals surface area contributed by atoms with Crippen LogP contribution in [0.15, 0.2) is 54.6 Å². The molecule has 206 valence electrons. The van der Waals surface area contributed by atoms with Crippen molar-refractivity contribution < 1.29 is 29.4 Å². The van der Waals surface area contributed by atoms with E-state index in [-0.39, 0.29) is 17.9 Å². The number of amides is 3. The van der Waals surface area contributed by atoms with Gasteiger partial charge in [-0.15, -0.1) is 0 Å². The van der Waals surface area contributed by atoms with Crippen molar-refractivity contribution in [2.45, 2.75) is 43.4 Å². The largest absolute Gasteiger partial charge is 0.508 e. The fourth-order valence-electron chi connectivity index (χ4n) is 3.55. The van der Waals surface area contributed by atoms with Gasteiger partial charge in [-0.1, -0.05) is 42.5 Å². The van der Waals surface area contributed by atoms with E-state index in [2.05, 4.69) is 28.6 Å². The van der Waals surface area contributed by atoms with Crippen molar-refractivity contribution in [3.8, 4) is 5.75 Å². The molecule has 4 unspecified atom stereocenters. The zero-order valence-electron chi connectivity index (χ0n) is 21.0. The SMILES string of the molecule is CSCCC(NC(=O)C(N)Cc1ccccc1)C(=O)NC(CS)C(=O)NC(Cc1ccc(O)cc1)C(=O)O. The maximum Gasteiger partial charge on any atom is 0.326 e. The smallest absolute Gasteiger partial charge is 0.326 e. The maximum absolute atomic E-state index is 13.1. The first kappa shape index (κ1) is 31.0. The molecule has 2 aromatic carbocycles. The second kappa shape index (κ2) is 15.9. The van der Waals surface area contributed by atoms with E-state index in [9.17, 15) is 29.4 Å². The number of hydrogen-bond donors (Lipinski definition) is 7. The van der Waals surface area contributed by atoms with Crippen LogP contribution < -0.4 is 21.7 Å². The Morgan fingerprint density at radius 3 is 1.97 bits per heavy atom. The molecule has 0 saturated heterocycles. The predicted octanol–water partition coefficient (Wildman–Crippen LogP) is 0.727. The summed E-state index contributed by atoms with van der Waals surface area (Å²) in [6.07, 6.45) is 2.43. The summed E-state index contributed by atoms with van der Waals surface area (Å²) in [4.78, 5) is 50.4. The molecule has 0 fully saturated rings. The lowest BCUT2D eigenvalue weighted by atomic mass is 10.0. The molecule has 12 heteroatoms. The van der Waals surface area contributed by atoms with Crippen LogP contribution in [-0.2, 0) is 32.0 Å². The number of phenolic OH excluding ortho intramolecular Hbond substituents is 1. The zero-order chi connectivity index (χ0) is 28.1. The van der Waals surface area contributed by atoms with Gasteiger partial charge in [-0.3, -0.25) is 14.4 Å². The number of carbonyl (C=O) groups excluding carboxylic acids is 3. The van der Waals surface area contributed by atoms with Gasteiger partial charge < -0.3 is 31.9 Å². The molecule has 4 atom stereocenters. The van der Waals surface area contributed by atoms with Crippen LogP contribution in [0, 0.1) is 0 Å². The number of carbonyl (C=O) groups is 4. The minimum Gasteiger partial charge on any atom is -0.508 e. The summed E-state index contributed by atoms with van der Waals surface area (Å²) in [5.41, 5.74) is 7.54. The van der Waals surface area contributed by atoms with Gasteiger partial charge in [0.15, 0.2) is 0 Å². The Morgan fingerprint density at radius 2 is 1.39 bits per heavy atom. The van der Waals surface area contributed by atoms with Crippen molar-refractivity contribution in [3.63, 3.8) is 0 Å². The number of carboxylic acids is 1. The fourth-order valence-corrected chi connectivity index (χ4v) is 4.28. The van der Waals surface area contributed by atoms with E-state index in [1.807, 2.05) is 36.6 Å². The third kappa shape index (κ3) is 10.3. The van der Waals surface area contributed by atoms with Gasteiger partial charge in [0.2, 0.25) is 17.7 Å². The molecular weight excluding hydrogens is 528 g/mol. The van der Waals surface area contributed by atoms with Crippen LogP contribution in [0.3, 0.4) is 0 Å². The molecule has 0 aliphatic carbocycles. The minimum atomic E-state index is -1.27. The van der Waals surface area contributed by atoms with Gasteiger partial charge >= 0.3 is 5.97 Å². The second-order valence-corrected chi connectivity index (χ2v) is 10.0. The second-order valence-electron chi connectivity index (χ2n) is 8.65. The van der Waals surface area contributed by atoms with Crippen LogP contribution in [0.4, 0.5) is 0 Å². The lowest BCUT2D eigenvalue weighted by Crippen LogP contribution is -2.58. The number of aromatic hydroxyl groups is 1. The standard InChI is InChI=1S/C26H34N4O6S2/c1-38-12-11-20(28-23(32)19(27)13-16-5-3-2-4-6-16)24(33)30-22(15-37)25(34)29-21(26(35)36)14-17-7-9-18(31)10-8-17/h2-10,19-22,31,37H,11-15,27H2,1H3,(H,28,32)(H,29,34)(H,30,33)(H,35,36). The summed E-state index contributed by atoms with van der Waals surface area (Å²) < 4.78 is 0. The van der Waals surface area contributed by atoms with E-state index in [0.29, 0.717) is 24.2 Å². The molecule has 0 aromatic heterocycles. The number of nitrogens with two attached hydrogens (primary N) is 1. The van der Waals surface area contributed by atoms with Gasteiger partial charge in [-0.2, -0.15) is 24.4 Å². The van der Waals surface area contributed by atoms with Gasteiger partial charge in [0, 0.05) is 12.2 Å². The number of benzene rings is 2. The molecule has 0 heterocycles. The Labute approximate surface area is 231 Å². The van der Waals surface area contributed by atoms with E-state index >= 15 is 0 Å². The Morgan fingerprint density at radius 1 is 0.842 bits per heavy atom. The summed E-state index contributed by atoms with van der Waals surface area (Å²) >= 11 is 5.64. The molecule has 2 aromatic rings. The number of thioether (sulfide) groups is 1. The average Bonchev–Trinajstić information content (AvgIpc) is 2.90. The molecule has 10 nitrogen and oxygen atoms in total. The highest BCUT2D eigenvalue weighted by molar-refractivity contribution is 7.98. The van der Waals surface area contributed by atoms with Crippen molar-refractivity contribution in [1.29, 1.82) is 0 Å². The number of thiol groups is 1. The van der Waals surface area contributed by atoms with Crippen molar-refractivity contribution in [1.82, 2.24) is 16.0 Å². The quantitative estimate of drug-likeness (QED) is 0.156. The third-order valence-corrected chi connectivity index (χ3v) is 6.69. The summed E-state index contributed by atoms with van der Waals surface area (Å²) in [6, 6.07) is 11.0. The van der Waals surface area contributed by atoms with Crippen LogP contribution in [-0.4, -0.2) is 75.8 Å². The summed E-state index contributed by atoms with van der Waals surface area (Å²) in [5.74, 6) is -2.58. The lowest BCUT2D eigenvalue weighted by Gasteiger charge is -2.24. The van der Waals surface area contributed by atoms with Gasteiger partial charge in [0.1, 0.15) is 23.9 Å². The topological polar surface area (TPSA) is 171 Å². The Balaban J connectivity index is 2.03. The Bertz CT molecular complexity index is 1070. The maximum atomic E-state index is 13.1. The lowest BCUT2D eigenvalue weighted by molar-refractivity contribution is -0.142. The number of nitrogens with one attached hydrogen (secondary N) is 3. The molecular formula is C26H34N4O6S2. The molecule has 0 bridgehead atoms. The molecule has 0 aliphatic heterocycles. The highest BCUT2D eigenvalue weighted by Gasteiger charge is 2.29. The minimum absolute atomic E-state index is 0.0275. The molecule has 0 saturated carbocycles. The van der Waals surface area contributed by atoms with E-state index < -0.39 is 47.9 Å². The molecule has 0 radical (unpaired) electrons.